The summed E-state index contributed by atoms with van der Waals surface area (Å²) in [6.45, 7) is 0.997. The molecule has 0 fully saturated rings. The van der Waals surface area contributed by atoms with Crippen molar-refractivity contribution in [2.75, 3.05) is 20.8 Å². The van der Waals surface area contributed by atoms with Crippen molar-refractivity contribution in [3.63, 3.8) is 0 Å². The largest absolute Gasteiger partial charge is 0.493 e. The van der Waals surface area contributed by atoms with Crippen LogP contribution in [0.3, 0.4) is 0 Å². The molecule has 1 N–H and O–H groups in total. The van der Waals surface area contributed by atoms with Crippen molar-refractivity contribution >= 4 is 0 Å². The molecule has 1 unspecified atom stereocenters. The molecule has 112 valence electrons. The summed E-state index contributed by atoms with van der Waals surface area (Å²) in [4.78, 5) is 0. The number of ether oxygens (including phenoxy) is 2. The number of fused-ring (bicyclic) bond motifs is 1. The van der Waals surface area contributed by atoms with Gasteiger partial charge in [-0.1, -0.05) is 6.07 Å². The number of hydrogen-bond acceptors (Lipinski definition) is 4. The maximum atomic E-state index is 5.37. The molecule has 1 aliphatic rings. The molecule has 0 radical (unpaired) electrons. The molecule has 0 amide bonds. The van der Waals surface area contributed by atoms with Crippen LogP contribution in [0.15, 0.2) is 24.4 Å². The smallest absolute Gasteiger partial charge is 0.160 e. The average Bonchev–Trinajstić information content (AvgIpc) is 2.88. The number of methoxy groups -OCH3 is 2. The summed E-state index contributed by atoms with van der Waals surface area (Å²) < 4.78 is 12.6. The van der Waals surface area contributed by atoms with Crippen LogP contribution >= 0.6 is 0 Å². The third-order valence-corrected chi connectivity index (χ3v) is 3.94. The number of aromatic nitrogens is 2. The van der Waals surface area contributed by atoms with Crippen LogP contribution in [0.2, 0.25) is 0 Å². The molecule has 0 saturated heterocycles. The minimum Gasteiger partial charge on any atom is -0.493 e. The maximum absolute atomic E-state index is 5.37. The fourth-order valence-electron chi connectivity index (χ4n) is 2.93. The van der Waals surface area contributed by atoms with Crippen molar-refractivity contribution < 1.29 is 9.47 Å². The first kappa shape index (κ1) is 13.9. The van der Waals surface area contributed by atoms with Gasteiger partial charge in [0.1, 0.15) is 0 Å². The first-order valence-electron chi connectivity index (χ1n) is 7.18. The van der Waals surface area contributed by atoms with Crippen LogP contribution in [-0.4, -0.2) is 30.5 Å². The Morgan fingerprint density at radius 2 is 2.10 bits per heavy atom. The van der Waals surface area contributed by atoms with Gasteiger partial charge in [-0.3, -0.25) is 4.68 Å². The van der Waals surface area contributed by atoms with Crippen molar-refractivity contribution in [3.05, 3.63) is 41.2 Å². The van der Waals surface area contributed by atoms with E-state index in [4.69, 9.17) is 9.47 Å². The molecule has 0 saturated carbocycles. The monoisotopic (exact) mass is 287 g/mol. The zero-order chi connectivity index (χ0) is 14.8. The molecule has 5 heteroatoms. The normalized spacial score (nSPS) is 17.4. The van der Waals surface area contributed by atoms with Crippen LogP contribution in [0.1, 0.15) is 22.9 Å². The fraction of sp³-hybridized carbons (Fsp3) is 0.438. The fourth-order valence-corrected chi connectivity index (χ4v) is 2.93. The molecule has 0 aliphatic carbocycles. The van der Waals surface area contributed by atoms with Crippen LogP contribution in [-0.2, 0) is 19.9 Å². The van der Waals surface area contributed by atoms with Gasteiger partial charge in [-0.2, -0.15) is 5.10 Å². The summed E-state index contributed by atoms with van der Waals surface area (Å²) in [7, 11) is 5.30. The Morgan fingerprint density at radius 3 is 2.86 bits per heavy atom. The highest BCUT2D eigenvalue weighted by Crippen LogP contribution is 2.30. The molecule has 21 heavy (non-hydrogen) atoms. The molecule has 1 aromatic carbocycles. The highest BCUT2D eigenvalue weighted by molar-refractivity contribution is 5.43. The first-order chi connectivity index (χ1) is 10.2. The van der Waals surface area contributed by atoms with Crippen molar-refractivity contribution in [2.45, 2.75) is 18.9 Å². The van der Waals surface area contributed by atoms with Gasteiger partial charge < -0.3 is 14.8 Å². The van der Waals surface area contributed by atoms with Gasteiger partial charge in [0.2, 0.25) is 0 Å². The van der Waals surface area contributed by atoms with Gasteiger partial charge >= 0.3 is 0 Å². The lowest BCUT2D eigenvalue weighted by molar-refractivity contribution is 0.354. The number of nitrogens with zero attached hydrogens (tertiary/aromatic N) is 2. The molecular weight excluding hydrogens is 266 g/mol. The van der Waals surface area contributed by atoms with E-state index < -0.39 is 0 Å². The Balaban J connectivity index is 1.84. The Kier molecular flexibility index (Phi) is 3.84. The van der Waals surface area contributed by atoms with Crippen LogP contribution < -0.4 is 14.8 Å². The van der Waals surface area contributed by atoms with E-state index in [0.717, 1.165) is 30.9 Å². The lowest BCUT2D eigenvalue weighted by atomic mass is 9.96. The van der Waals surface area contributed by atoms with E-state index in [1.54, 1.807) is 14.2 Å². The first-order valence-corrected chi connectivity index (χ1v) is 7.18. The average molecular weight is 287 g/mol. The summed E-state index contributed by atoms with van der Waals surface area (Å²) in [5.74, 6) is 1.53. The van der Waals surface area contributed by atoms with Gasteiger partial charge in [-0.15, -0.1) is 0 Å². The molecule has 5 nitrogen and oxygen atoms in total. The van der Waals surface area contributed by atoms with Crippen molar-refractivity contribution in [3.8, 4) is 11.5 Å². The van der Waals surface area contributed by atoms with Gasteiger partial charge in [0.05, 0.1) is 26.0 Å². The molecule has 1 aromatic heterocycles. The highest BCUT2D eigenvalue weighted by atomic mass is 16.5. The minimum absolute atomic E-state index is 0.257. The van der Waals surface area contributed by atoms with Crippen LogP contribution in [0.4, 0.5) is 0 Å². The van der Waals surface area contributed by atoms with E-state index >= 15 is 0 Å². The molecular formula is C16H21N3O2. The molecule has 1 atom stereocenters. The second-order valence-corrected chi connectivity index (χ2v) is 5.36. The number of hydrogen-bond donors (Lipinski definition) is 1. The molecule has 0 bridgehead atoms. The molecule has 2 aromatic rings. The summed E-state index contributed by atoms with van der Waals surface area (Å²) in [6, 6.07) is 6.34. The van der Waals surface area contributed by atoms with E-state index in [1.165, 1.54) is 16.8 Å². The third kappa shape index (κ3) is 2.74. The number of benzene rings is 1. The lowest BCUT2D eigenvalue weighted by Gasteiger charge is -2.23. The molecule has 2 heterocycles. The minimum atomic E-state index is 0.257. The Hall–Kier alpha value is -2.01. The Bertz CT molecular complexity index is 636. The zero-order valence-electron chi connectivity index (χ0n) is 12.7. The summed E-state index contributed by atoms with van der Waals surface area (Å²) >= 11 is 0. The topological polar surface area (TPSA) is 48.3 Å². The van der Waals surface area contributed by atoms with Crippen LogP contribution in [0.25, 0.3) is 0 Å². The van der Waals surface area contributed by atoms with E-state index in [-0.39, 0.29) is 6.04 Å². The van der Waals surface area contributed by atoms with Crippen LogP contribution in [0, 0.1) is 0 Å². The molecule has 1 aliphatic heterocycles. The van der Waals surface area contributed by atoms with E-state index in [9.17, 15) is 0 Å². The van der Waals surface area contributed by atoms with Crippen LogP contribution in [0.5, 0.6) is 11.5 Å². The Labute approximate surface area is 124 Å². The van der Waals surface area contributed by atoms with E-state index in [1.807, 2.05) is 23.9 Å². The second kappa shape index (κ2) is 5.77. The number of aryl methyl sites for hydroxylation is 1. The third-order valence-electron chi connectivity index (χ3n) is 3.94. The van der Waals surface area contributed by atoms with Gasteiger partial charge in [0, 0.05) is 13.2 Å². The highest BCUT2D eigenvalue weighted by Gasteiger charge is 2.23. The van der Waals surface area contributed by atoms with Gasteiger partial charge in [-0.25, -0.2) is 0 Å². The van der Waals surface area contributed by atoms with E-state index in [2.05, 4.69) is 22.7 Å². The second-order valence-electron chi connectivity index (χ2n) is 5.36. The van der Waals surface area contributed by atoms with E-state index in [0.29, 0.717) is 0 Å². The summed E-state index contributed by atoms with van der Waals surface area (Å²) in [5, 5.41) is 8.16. The Morgan fingerprint density at radius 1 is 1.29 bits per heavy atom. The molecule has 3 rings (SSSR count). The zero-order valence-corrected chi connectivity index (χ0v) is 12.7. The lowest BCUT2D eigenvalue weighted by Crippen LogP contribution is -2.31. The van der Waals surface area contributed by atoms with Gasteiger partial charge in [0.25, 0.3) is 0 Å². The summed E-state index contributed by atoms with van der Waals surface area (Å²) in [5.41, 5.74) is 3.73. The number of rotatable bonds is 4. The summed E-state index contributed by atoms with van der Waals surface area (Å²) in [6.07, 6.45) is 4.06. The van der Waals surface area contributed by atoms with Gasteiger partial charge in [-0.05, 0) is 42.6 Å². The quantitative estimate of drug-likeness (QED) is 0.932. The van der Waals surface area contributed by atoms with Crippen molar-refractivity contribution in [1.29, 1.82) is 0 Å². The standard InChI is InChI=1S/C16H21N3O2/c1-19-10-12-6-7-17-13(16(12)18-19)8-11-4-5-14(20-2)15(9-11)21-3/h4-5,9-10,13,17H,6-8H2,1-3H3. The predicted molar refractivity (Wildman–Crippen MR) is 80.9 cm³/mol. The van der Waals surface area contributed by atoms with Crippen molar-refractivity contribution in [1.82, 2.24) is 15.1 Å². The maximum Gasteiger partial charge on any atom is 0.160 e. The number of nitrogens with one attached hydrogen (secondary N) is 1. The van der Waals surface area contributed by atoms with Crippen molar-refractivity contribution in [2.24, 2.45) is 7.05 Å². The predicted octanol–water partition coefficient (Wildman–Crippen LogP) is 1.87. The molecule has 0 spiro atoms. The SMILES string of the molecule is COc1ccc(CC2NCCc3cn(C)nc32)cc1OC. The van der Waals surface area contributed by atoms with Gasteiger partial charge in [0.15, 0.2) is 11.5 Å².